The summed E-state index contributed by atoms with van der Waals surface area (Å²) in [6, 6.07) is 6.42. The fraction of sp³-hybridized carbons (Fsp3) is 0.409. The van der Waals surface area contributed by atoms with E-state index < -0.39 is 0 Å². The van der Waals surface area contributed by atoms with E-state index in [0.29, 0.717) is 19.0 Å². The van der Waals surface area contributed by atoms with E-state index in [2.05, 4.69) is 27.0 Å². The molecule has 0 bridgehead atoms. The smallest absolute Gasteiger partial charge is 0.226 e. The van der Waals surface area contributed by atoms with Crippen LogP contribution in [0.5, 0.6) is 0 Å². The summed E-state index contributed by atoms with van der Waals surface area (Å²) in [5.41, 5.74) is 2.01. The van der Waals surface area contributed by atoms with Gasteiger partial charge in [-0.1, -0.05) is 24.3 Å². The van der Waals surface area contributed by atoms with Gasteiger partial charge in [0.05, 0.1) is 18.1 Å². The molecule has 3 heterocycles. The maximum absolute atomic E-state index is 13.2. The molecule has 1 amide bonds. The third kappa shape index (κ3) is 4.21. The summed E-state index contributed by atoms with van der Waals surface area (Å²) in [6.45, 7) is 2.99. The maximum Gasteiger partial charge on any atom is 0.226 e. The fourth-order valence-electron chi connectivity index (χ4n) is 4.23. The van der Waals surface area contributed by atoms with Crippen LogP contribution in [0, 0.1) is 17.7 Å². The first-order valence-corrected chi connectivity index (χ1v) is 9.89. The van der Waals surface area contributed by atoms with Gasteiger partial charge < -0.3 is 9.80 Å². The molecule has 4 rings (SSSR count). The second-order valence-corrected chi connectivity index (χ2v) is 7.58. The van der Waals surface area contributed by atoms with Crippen molar-refractivity contribution in [3.8, 4) is 0 Å². The van der Waals surface area contributed by atoms with Crippen LogP contribution in [0.25, 0.3) is 0 Å². The highest BCUT2D eigenvalue weighted by Crippen LogP contribution is 2.32. The number of carbonyl (C=O) groups excluding carboxylic acids is 1. The van der Waals surface area contributed by atoms with Gasteiger partial charge in [-0.15, -0.1) is 0 Å². The molecule has 6 heteroatoms. The van der Waals surface area contributed by atoms with E-state index in [-0.39, 0.29) is 17.6 Å². The SMILES string of the molecule is O=C1[C@H](C2CCN(c3cncnc3)CC2)CC=CCN1Cc1ccc(F)cc1. The Kier molecular flexibility index (Phi) is 5.65. The Hall–Kier alpha value is -2.76. The maximum atomic E-state index is 13.2. The summed E-state index contributed by atoms with van der Waals surface area (Å²) in [5.74, 6) is 0.371. The van der Waals surface area contributed by atoms with E-state index in [1.165, 1.54) is 12.1 Å². The fourth-order valence-corrected chi connectivity index (χ4v) is 4.23. The van der Waals surface area contributed by atoms with Gasteiger partial charge >= 0.3 is 0 Å². The van der Waals surface area contributed by atoms with Crippen LogP contribution >= 0.6 is 0 Å². The van der Waals surface area contributed by atoms with Crippen LogP contribution in [0.3, 0.4) is 0 Å². The predicted octanol–water partition coefficient (Wildman–Crippen LogP) is 3.44. The Morgan fingerprint density at radius 1 is 1.04 bits per heavy atom. The molecule has 2 aromatic rings. The van der Waals surface area contributed by atoms with E-state index in [4.69, 9.17) is 0 Å². The quantitative estimate of drug-likeness (QED) is 0.763. The third-order valence-corrected chi connectivity index (χ3v) is 5.82. The first kappa shape index (κ1) is 18.6. The van der Waals surface area contributed by atoms with Gasteiger partial charge in [-0.2, -0.15) is 0 Å². The van der Waals surface area contributed by atoms with Crippen LogP contribution in [0.15, 0.2) is 55.1 Å². The van der Waals surface area contributed by atoms with Crippen molar-refractivity contribution in [3.63, 3.8) is 0 Å². The molecule has 0 spiro atoms. The highest BCUT2D eigenvalue weighted by molar-refractivity contribution is 5.80. The average Bonchev–Trinajstić information content (AvgIpc) is 2.92. The number of halogens is 1. The van der Waals surface area contributed by atoms with Crippen molar-refractivity contribution in [2.24, 2.45) is 11.8 Å². The molecule has 0 N–H and O–H groups in total. The lowest BCUT2D eigenvalue weighted by Gasteiger charge is -2.37. The van der Waals surface area contributed by atoms with E-state index >= 15 is 0 Å². The highest BCUT2D eigenvalue weighted by atomic mass is 19.1. The van der Waals surface area contributed by atoms with Gasteiger partial charge in [0, 0.05) is 32.1 Å². The van der Waals surface area contributed by atoms with Crippen LogP contribution in [-0.4, -0.2) is 40.4 Å². The van der Waals surface area contributed by atoms with E-state index in [1.807, 2.05) is 17.3 Å². The molecule has 5 nitrogen and oxygen atoms in total. The third-order valence-electron chi connectivity index (χ3n) is 5.82. The monoisotopic (exact) mass is 380 g/mol. The molecular formula is C22H25FN4O. The topological polar surface area (TPSA) is 49.3 Å². The van der Waals surface area contributed by atoms with Crippen molar-refractivity contribution >= 4 is 11.6 Å². The van der Waals surface area contributed by atoms with Gasteiger partial charge in [-0.3, -0.25) is 4.79 Å². The number of anilines is 1. The predicted molar refractivity (Wildman–Crippen MR) is 106 cm³/mol. The van der Waals surface area contributed by atoms with Gasteiger partial charge in [-0.25, -0.2) is 14.4 Å². The van der Waals surface area contributed by atoms with E-state index in [0.717, 1.165) is 43.6 Å². The van der Waals surface area contributed by atoms with Crippen LogP contribution < -0.4 is 4.90 Å². The molecule has 0 saturated carbocycles. The summed E-state index contributed by atoms with van der Waals surface area (Å²) in [6.07, 6.45) is 12.2. The molecule has 146 valence electrons. The standard InChI is InChI=1S/C22H25FN4O/c23-19-6-4-17(5-7-19)15-27-10-2-1-3-21(22(27)28)18-8-11-26(12-9-18)20-13-24-16-25-14-20/h1-2,4-7,13-14,16,18,21H,3,8-12,15H2/t21-/m0/s1. The molecule has 1 aromatic carbocycles. The number of hydrogen-bond acceptors (Lipinski definition) is 4. The van der Waals surface area contributed by atoms with Crippen LogP contribution in [-0.2, 0) is 11.3 Å². The number of hydrogen-bond donors (Lipinski definition) is 0. The minimum Gasteiger partial charge on any atom is -0.369 e. The number of amides is 1. The van der Waals surface area contributed by atoms with Gasteiger partial charge in [0.25, 0.3) is 0 Å². The number of nitrogens with zero attached hydrogens (tertiary/aromatic N) is 4. The minimum atomic E-state index is -0.251. The van der Waals surface area contributed by atoms with Crippen molar-refractivity contribution < 1.29 is 9.18 Å². The molecular weight excluding hydrogens is 355 g/mol. The van der Waals surface area contributed by atoms with Crippen molar-refractivity contribution in [1.82, 2.24) is 14.9 Å². The summed E-state index contributed by atoms with van der Waals surface area (Å²) in [5, 5.41) is 0. The number of carbonyl (C=O) groups is 1. The van der Waals surface area contributed by atoms with Crippen LogP contribution in [0.1, 0.15) is 24.8 Å². The van der Waals surface area contributed by atoms with Crippen LogP contribution in [0.2, 0.25) is 0 Å². The highest BCUT2D eigenvalue weighted by Gasteiger charge is 2.34. The number of benzene rings is 1. The summed E-state index contributed by atoms with van der Waals surface area (Å²) in [7, 11) is 0. The van der Waals surface area contributed by atoms with Gasteiger partial charge in [0.1, 0.15) is 12.1 Å². The average molecular weight is 380 g/mol. The summed E-state index contributed by atoms with van der Waals surface area (Å²) < 4.78 is 13.2. The van der Waals surface area contributed by atoms with Gasteiger partial charge in [0.2, 0.25) is 5.91 Å². The second-order valence-electron chi connectivity index (χ2n) is 7.58. The van der Waals surface area contributed by atoms with Gasteiger partial charge in [-0.05, 0) is 42.9 Å². The Bertz CT molecular complexity index is 816. The zero-order valence-electron chi connectivity index (χ0n) is 15.9. The van der Waals surface area contributed by atoms with Crippen molar-refractivity contribution in [3.05, 3.63) is 66.5 Å². The molecule has 0 unspecified atom stereocenters. The Balaban J connectivity index is 1.40. The number of rotatable bonds is 4. The molecule has 2 aliphatic rings. The first-order chi connectivity index (χ1) is 13.7. The Labute approximate surface area is 164 Å². The van der Waals surface area contributed by atoms with Crippen molar-refractivity contribution in [2.45, 2.75) is 25.8 Å². The first-order valence-electron chi connectivity index (χ1n) is 9.89. The molecule has 0 radical (unpaired) electrons. The van der Waals surface area contributed by atoms with Gasteiger partial charge in [0.15, 0.2) is 0 Å². The number of allylic oxidation sites excluding steroid dienone is 1. The minimum absolute atomic E-state index is 0.0216. The normalized spacial score (nSPS) is 21.0. The van der Waals surface area contributed by atoms with E-state index in [9.17, 15) is 9.18 Å². The van der Waals surface area contributed by atoms with Crippen LogP contribution in [0.4, 0.5) is 10.1 Å². The summed E-state index contributed by atoms with van der Waals surface area (Å²) in [4.78, 5) is 25.6. The molecule has 1 atom stereocenters. The molecule has 0 aliphatic carbocycles. The Morgan fingerprint density at radius 2 is 1.75 bits per heavy atom. The molecule has 1 fully saturated rings. The second kappa shape index (κ2) is 8.50. The largest absolute Gasteiger partial charge is 0.369 e. The zero-order chi connectivity index (χ0) is 19.3. The molecule has 1 saturated heterocycles. The lowest BCUT2D eigenvalue weighted by Crippen LogP contribution is -2.42. The lowest BCUT2D eigenvalue weighted by molar-refractivity contribution is -0.137. The molecule has 1 aromatic heterocycles. The number of piperidine rings is 1. The van der Waals surface area contributed by atoms with Crippen molar-refractivity contribution in [2.75, 3.05) is 24.5 Å². The lowest BCUT2D eigenvalue weighted by atomic mass is 9.81. The molecule has 2 aliphatic heterocycles. The Morgan fingerprint density at radius 3 is 2.46 bits per heavy atom. The van der Waals surface area contributed by atoms with Crippen molar-refractivity contribution in [1.29, 1.82) is 0 Å². The number of aromatic nitrogens is 2. The summed E-state index contributed by atoms with van der Waals surface area (Å²) >= 11 is 0. The molecule has 28 heavy (non-hydrogen) atoms. The zero-order valence-corrected chi connectivity index (χ0v) is 15.9. The van der Waals surface area contributed by atoms with E-state index in [1.54, 1.807) is 18.5 Å².